The van der Waals surface area contributed by atoms with Crippen LogP contribution in [0.25, 0.3) is 11.1 Å². The number of carbonyl (C=O) groups excluding carboxylic acids is 1. The van der Waals surface area contributed by atoms with Crippen LogP contribution in [0.5, 0.6) is 5.75 Å². The lowest BCUT2D eigenvalue weighted by molar-refractivity contribution is -0.133. The second-order valence-electron chi connectivity index (χ2n) is 8.14. The molecule has 0 spiro atoms. The highest BCUT2D eigenvalue weighted by Gasteiger charge is 2.29. The number of nitrogens with zero attached hydrogens (tertiary/aromatic N) is 3. The summed E-state index contributed by atoms with van der Waals surface area (Å²) in [7, 11) is 3.60. The fraction of sp³-hybridized carbons (Fsp3) is 0.308. The molecule has 1 aromatic heterocycles. The molecule has 1 aliphatic rings. The number of benzene rings is 2. The summed E-state index contributed by atoms with van der Waals surface area (Å²) in [4.78, 5) is 21.7. The van der Waals surface area contributed by atoms with Crippen molar-refractivity contribution in [3.8, 4) is 16.9 Å². The Morgan fingerprint density at radius 2 is 1.84 bits per heavy atom. The van der Waals surface area contributed by atoms with E-state index < -0.39 is 0 Å². The number of pyridine rings is 1. The number of hydrogen-bond acceptors (Lipinski definition) is 4. The van der Waals surface area contributed by atoms with E-state index in [0.29, 0.717) is 6.42 Å². The summed E-state index contributed by atoms with van der Waals surface area (Å²) < 4.78 is 5.27. The lowest BCUT2D eigenvalue weighted by Crippen LogP contribution is -2.34. The fourth-order valence-electron chi connectivity index (χ4n) is 4.25. The van der Waals surface area contributed by atoms with Gasteiger partial charge in [0.1, 0.15) is 5.75 Å². The molecule has 31 heavy (non-hydrogen) atoms. The molecule has 2 heterocycles. The van der Waals surface area contributed by atoms with Crippen LogP contribution in [-0.4, -0.2) is 54.5 Å². The Hall–Kier alpha value is -3.18. The van der Waals surface area contributed by atoms with E-state index in [9.17, 15) is 4.79 Å². The molecule has 1 fully saturated rings. The normalized spacial score (nSPS) is 17.4. The van der Waals surface area contributed by atoms with E-state index in [1.54, 1.807) is 13.3 Å². The number of rotatable bonds is 6. The fourth-order valence-corrected chi connectivity index (χ4v) is 4.25. The van der Waals surface area contributed by atoms with Crippen LogP contribution in [0.2, 0.25) is 0 Å². The smallest absolute Gasteiger partial charge is 0.227 e. The molecular weight excluding hydrogens is 386 g/mol. The Kier molecular flexibility index (Phi) is 6.63. The lowest BCUT2D eigenvalue weighted by Gasteiger charge is -2.24. The molecule has 1 unspecified atom stereocenters. The van der Waals surface area contributed by atoms with Crippen molar-refractivity contribution in [2.75, 3.05) is 33.8 Å². The first-order valence-electron chi connectivity index (χ1n) is 10.7. The third-order valence-corrected chi connectivity index (χ3v) is 5.98. The van der Waals surface area contributed by atoms with Crippen LogP contribution >= 0.6 is 0 Å². The van der Waals surface area contributed by atoms with Gasteiger partial charge in [-0.25, -0.2) is 0 Å². The molecule has 0 aliphatic carbocycles. The number of hydrogen-bond donors (Lipinski definition) is 0. The summed E-state index contributed by atoms with van der Waals surface area (Å²) in [5, 5.41) is 0. The zero-order valence-electron chi connectivity index (χ0n) is 18.2. The Labute approximate surface area is 184 Å². The van der Waals surface area contributed by atoms with Crippen molar-refractivity contribution in [1.82, 2.24) is 14.8 Å². The Morgan fingerprint density at radius 1 is 1.03 bits per heavy atom. The molecule has 2 aromatic carbocycles. The summed E-state index contributed by atoms with van der Waals surface area (Å²) in [6, 6.07) is 20.6. The number of carbonyl (C=O) groups is 1. The van der Waals surface area contributed by atoms with Gasteiger partial charge in [0, 0.05) is 51.2 Å². The van der Waals surface area contributed by atoms with Crippen molar-refractivity contribution in [3.05, 3.63) is 84.2 Å². The predicted octanol–water partition coefficient (Wildman–Crippen LogP) is 3.89. The van der Waals surface area contributed by atoms with Gasteiger partial charge in [0.15, 0.2) is 0 Å². The van der Waals surface area contributed by atoms with E-state index in [-0.39, 0.29) is 11.8 Å². The second-order valence-corrected chi connectivity index (χ2v) is 8.14. The maximum atomic E-state index is 13.1. The number of ether oxygens (including phenoxy) is 1. The van der Waals surface area contributed by atoms with Crippen molar-refractivity contribution in [1.29, 1.82) is 0 Å². The standard InChI is InChI=1S/C26H29N3O2/c1-28-14-15-29(18-20-9-11-24(31-2)12-10-20)19-23(26(28)30)16-21-6-3-4-8-25(21)22-7-5-13-27-17-22/h3-13,17,23H,14-16,18-19H2,1-2H3. The second kappa shape index (κ2) is 9.75. The first-order chi connectivity index (χ1) is 15.1. The van der Waals surface area contributed by atoms with Crippen molar-refractivity contribution >= 4 is 5.91 Å². The third kappa shape index (κ3) is 5.12. The molecule has 5 nitrogen and oxygen atoms in total. The molecule has 1 saturated heterocycles. The van der Waals surface area contributed by atoms with Gasteiger partial charge in [-0.3, -0.25) is 14.7 Å². The van der Waals surface area contributed by atoms with Gasteiger partial charge in [0.2, 0.25) is 5.91 Å². The van der Waals surface area contributed by atoms with Gasteiger partial charge >= 0.3 is 0 Å². The maximum Gasteiger partial charge on any atom is 0.227 e. The molecule has 1 aliphatic heterocycles. The highest BCUT2D eigenvalue weighted by atomic mass is 16.5. The molecular formula is C26H29N3O2. The molecule has 0 saturated carbocycles. The zero-order valence-corrected chi connectivity index (χ0v) is 18.2. The van der Waals surface area contributed by atoms with Crippen LogP contribution < -0.4 is 4.74 Å². The van der Waals surface area contributed by atoms with Gasteiger partial charge < -0.3 is 9.64 Å². The van der Waals surface area contributed by atoms with Crippen LogP contribution in [0, 0.1) is 5.92 Å². The Bertz CT molecular complexity index is 1000. The number of amides is 1. The van der Waals surface area contributed by atoms with Crippen LogP contribution in [0.1, 0.15) is 11.1 Å². The molecule has 0 N–H and O–H groups in total. The molecule has 0 bridgehead atoms. The highest BCUT2D eigenvalue weighted by Crippen LogP contribution is 2.27. The molecule has 160 valence electrons. The Balaban J connectivity index is 1.54. The average Bonchev–Trinajstić information content (AvgIpc) is 2.94. The van der Waals surface area contributed by atoms with Crippen LogP contribution in [0.15, 0.2) is 73.1 Å². The predicted molar refractivity (Wildman–Crippen MR) is 123 cm³/mol. The zero-order chi connectivity index (χ0) is 21.6. The van der Waals surface area contributed by atoms with Gasteiger partial charge in [-0.15, -0.1) is 0 Å². The minimum absolute atomic E-state index is 0.0800. The largest absolute Gasteiger partial charge is 0.497 e. The lowest BCUT2D eigenvalue weighted by atomic mass is 9.91. The van der Waals surface area contributed by atoms with E-state index in [4.69, 9.17) is 4.74 Å². The molecule has 4 rings (SSSR count). The van der Waals surface area contributed by atoms with Crippen molar-refractivity contribution in [3.63, 3.8) is 0 Å². The van der Waals surface area contributed by atoms with Gasteiger partial charge in [-0.2, -0.15) is 0 Å². The Morgan fingerprint density at radius 3 is 2.58 bits per heavy atom. The van der Waals surface area contributed by atoms with Crippen LogP contribution in [0.3, 0.4) is 0 Å². The van der Waals surface area contributed by atoms with E-state index in [0.717, 1.165) is 43.1 Å². The molecule has 5 heteroatoms. The SMILES string of the molecule is COc1ccc(CN2CCN(C)C(=O)C(Cc3ccccc3-c3cccnc3)C2)cc1. The molecule has 0 radical (unpaired) electrons. The maximum absolute atomic E-state index is 13.1. The van der Waals surface area contributed by atoms with E-state index in [1.807, 2.05) is 42.4 Å². The van der Waals surface area contributed by atoms with E-state index in [2.05, 4.69) is 46.3 Å². The van der Waals surface area contributed by atoms with Gasteiger partial charge in [0.25, 0.3) is 0 Å². The van der Waals surface area contributed by atoms with Gasteiger partial charge in [-0.05, 0) is 41.3 Å². The highest BCUT2D eigenvalue weighted by molar-refractivity contribution is 5.80. The first kappa shape index (κ1) is 21.1. The van der Waals surface area contributed by atoms with Gasteiger partial charge in [0.05, 0.1) is 13.0 Å². The van der Waals surface area contributed by atoms with Gasteiger partial charge in [-0.1, -0.05) is 42.5 Å². The van der Waals surface area contributed by atoms with Crippen LogP contribution in [0.4, 0.5) is 0 Å². The molecule has 1 amide bonds. The topological polar surface area (TPSA) is 45.7 Å². The summed E-state index contributed by atoms with van der Waals surface area (Å²) in [6.07, 6.45) is 4.39. The quantitative estimate of drug-likeness (QED) is 0.613. The average molecular weight is 416 g/mol. The van der Waals surface area contributed by atoms with E-state index >= 15 is 0 Å². The summed E-state index contributed by atoms with van der Waals surface area (Å²) >= 11 is 0. The van der Waals surface area contributed by atoms with Crippen molar-refractivity contribution < 1.29 is 9.53 Å². The number of methoxy groups -OCH3 is 1. The minimum atomic E-state index is -0.0800. The molecule has 1 atom stereocenters. The summed E-state index contributed by atoms with van der Waals surface area (Å²) in [5.41, 5.74) is 4.65. The minimum Gasteiger partial charge on any atom is -0.497 e. The number of likely N-dealkylation sites (N-methyl/N-ethyl adjacent to an activating group) is 1. The third-order valence-electron chi connectivity index (χ3n) is 5.98. The monoisotopic (exact) mass is 415 g/mol. The molecule has 3 aromatic rings. The summed E-state index contributed by atoms with van der Waals surface area (Å²) in [6.45, 7) is 3.19. The summed E-state index contributed by atoms with van der Waals surface area (Å²) in [5.74, 6) is 1.00. The first-order valence-corrected chi connectivity index (χ1v) is 10.7. The van der Waals surface area contributed by atoms with Crippen molar-refractivity contribution in [2.24, 2.45) is 5.92 Å². The van der Waals surface area contributed by atoms with E-state index in [1.165, 1.54) is 11.1 Å². The van der Waals surface area contributed by atoms with Crippen molar-refractivity contribution in [2.45, 2.75) is 13.0 Å². The van der Waals surface area contributed by atoms with Crippen LogP contribution in [-0.2, 0) is 17.8 Å². The number of aromatic nitrogens is 1.